The molecule has 192 valence electrons. The average Bonchev–Trinajstić information content (AvgIpc) is 2.72. The summed E-state index contributed by atoms with van der Waals surface area (Å²) >= 11 is 19.1. The maximum absolute atomic E-state index is 4.78. The number of hydrogen-bond donors (Lipinski definition) is 8. The first-order valence-electron chi connectivity index (χ1n) is 9.64. The van der Waals surface area contributed by atoms with E-state index in [9.17, 15) is 0 Å². The van der Waals surface area contributed by atoms with Crippen molar-refractivity contribution < 1.29 is 51.4 Å². The summed E-state index contributed by atoms with van der Waals surface area (Å²) < 4.78 is 0. The van der Waals surface area contributed by atoms with Crippen LogP contribution in [0, 0.1) is 0 Å². The van der Waals surface area contributed by atoms with Crippen molar-refractivity contribution in [3.05, 3.63) is 0 Å². The van der Waals surface area contributed by atoms with Crippen LogP contribution in [0.25, 0.3) is 0 Å². The molecular formula is C16H34Cl2N8OPtS4. The minimum absolute atomic E-state index is 0. The molecule has 9 nitrogen and oxygen atoms in total. The molecule has 0 unspecified atom stereocenters. The number of rotatable bonds is 0. The Morgan fingerprint density at radius 3 is 0.562 bits per heavy atom. The normalized spacial score (nSPS) is 17.8. The Labute approximate surface area is 239 Å². The van der Waals surface area contributed by atoms with Crippen LogP contribution in [0.3, 0.4) is 0 Å². The molecule has 0 spiro atoms. The molecule has 0 radical (unpaired) electrons. The summed E-state index contributed by atoms with van der Waals surface area (Å²) in [5.74, 6) is 0. The standard InChI is InChI=1S/4C4H8N2S.2ClH.H2O.Pt/c4*7-4-5-2-1-3-6-4;;;;/h4*1-3H2,(H2,5,6,7);2*1H;1H2;/q;;;;;;;+2/p-2. The van der Waals surface area contributed by atoms with Crippen LogP contribution in [-0.2, 0) is 21.1 Å². The van der Waals surface area contributed by atoms with Gasteiger partial charge < -0.3 is 72.8 Å². The van der Waals surface area contributed by atoms with Crippen molar-refractivity contribution >= 4 is 69.3 Å². The largest absolute Gasteiger partial charge is 2.00 e. The molecule has 4 saturated heterocycles. The van der Waals surface area contributed by atoms with E-state index >= 15 is 0 Å². The predicted octanol–water partition coefficient (Wildman–Crippen LogP) is -7.40. The smallest absolute Gasteiger partial charge is 1.00 e. The molecule has 0 amide bonds. The maximum Gasteiger partial charge on any atom is 2.00 e. The first-order chi connectivity index (χ1) is 13.6. The molecule has 0 aromatic carbocycles. The van der Waals surface area contributed by atoms with Gasteiger partial charge in [0.25, 0.3) is 0 Å². The van der Waals surface area contributed by atoms with Crippen LogP contribution in [-0.4, -0.2) is 78.3 Å². The molecule has 0 atom stereocenters. The SMILES string of the molecule is O.S=C1NCCCN1.S=C1NCCCN1.S=C1NCCCN1.S=C1NCCCN1.[Cl-].[Cl-].[Pt+2]. The van der Waals surface area contributed by atoms with Crippen LogP contribution in [0.15, 0.2) is 0 Å². The van der Waals surface area contributed by atoms with Gasteiger partial charge in [0.1, 0.15) is 0 Å². The first-order valence-corrected chi connectivity index (χ1v) is 11.3. The minimum Gasteiger partial charge on any atom is -1.00 e. The quantitative estimate of drug-likeness (QED) is 0.112. The van der Waals surface area contributed by atoms with Gasteiger partial charge in [-0.05, 0) is 74.6 Å². The van der Waals surface area contributed by atoms with Gasteiger partial charge in [0.15, 0.2) is 20.4 Å². The van der Waals surface area contributed by atoms with E-state index in [1.807, 2.05) is 0 Å². The Balaban J connectivity index is -0.000000157. The van der Waals surface area contributed by atoms with Crippen LogP contribution in [0.5, 0.6) is 0 Å². The van der Waals surface area contributed by atoms with Crippen LogP contribution in [0.2, 0.25) is 0 Å². The Morgan fingerprint density at radius 1 is 0.375 bits per heavy atom. The van der Waals surface area contributed by atoms with Crippen molar-refractivity contribution in [2.24, 2.45) is 0 Å². The van der Waals surface area contributed by atoms with Gasteiger partial charge in [0.05, 0.1) is 0 Å². The third-order valence-corrected chi connectivity index (χ3v) is 4.85. The zero-order valence-corrected chi connectivity index (χ0v) is 24.7. The third-order valence-electron chi connectivity index (χ3n) is 3.70. The minimum atomic E-state index is 0. The van der Waals surface area contributed by atoms with E-state index in [0.29, 0.717) is 0 Å². The van der Waals surface area contributed by atoms with Gasteiger partial charge >= 0.3 is 21.1 Å². The average molecular weight is 749 g/mol. The van der Waals surface area contributed by atoms with E-state index in [-0.39, 0.29) is 51.4 Å². The van der Waals surface area contributed by atoms with Crippen molar-refractivity contribution in [2.75, 3.05) is 52.4 Å². The van der Waals surface area contributed by atoms with Gasteiger partial charge in [-0.25, -0.2) is 0 Å². The van der Waals surface area contributed by atoms with Crippen molar-refractivity contribution in [3.8, 4) is 0 Å². The summed E-state index contributed by atoms with van der Waals surface area (Å²) in [6, 6.07) is 0. The number of thiocarbonyl (C=S) groups is 4. The van der Waals surface area contributed by atoms with E-state index in [2.05, 4.69) is 42.5 Å². The maximum atomic E-state index is 4.78. The van der Waals surface area contributed by atoms with Gasteiger partial charge in [0, 0.05) is 52.4 Å². The second kappa shape index (κ2) is 27.2. The number of nitrogens with one attached hydrogen (secondary N) is 8. The molecule has 0 aliphatic carbocycles. The molecule has 10 N–H and O–H groups in total. The fraction of sp³-hybridized carbons (Fsp3) is 0.750. The Bertz CT molecular complexity index is 406. The number of halogens is 2. The van der Waals surface area contributed by atoms with Gasteiger partial charge in [-0.3, -0.25) is 0 Å². The molecule has 4 heterocycles. The Hall–Kier alpha value is -0.0117. The number of hydrogen-bond acceptors (Lipinski definition) is 4. The fourth-order valence-electron chi connectivity index (χ4n) is 2.22. The van der Waals surface area contributed by atoms with Crippen LogP contribution < -0.4 is 67.3 Å². The second-order valence-corrected chi connectivity index (χ2v) is 7.78. The van der Waals surface area contributed by atoms with Crippen LogP contribution in [0.1, 0.15) is 25.7 Å². The van der Waals surface area contributed by atoms with Crippen molar-refractivity contribution in [1.82, 2.24) is 42.5 Å². The predicted molar refractivity (Wildman–Crippen MR) is 136 cm³/mol. The molecule has 4 fully saturated rings. The topological polar surface area (TPSA) is 128 Å². The Kier molecular flexibility index (Phi) is 33.4. The molecule has 0 saturated carbocycles. The van der Waals surface area contributed by atoms with Crippen LogP contribution >= 0.6 is 48.9 Å². The molecule has 0 bridgehead atoms. The fourth-order valence-corrected chi connectivity index (χ4v) is 3.04. The molecule has 4 aliphatic rings. The molecule has 0 aromatic rings. The van der Waals surface area contributed by atoms with E-state index in [4.69, 9.17) is 48.9 Å². The molecular weight excluding hydrogens is 714 g/mol. The summed E-state index contributed by atoms with van der Waals surface area (Å²) in [4.78, 5) is 0. The van der Waals surface area contributed by atoms with E-state index < -0.39 is 0 Å². The molecule has 0 aromatic heterocycles. The van der Waals surface area contributed by atoms with Gasteiger partial charge in [0.2, 0.25) is 0 Å². The summed E-state index contributed by atoms with van der Waals surface area (Å²) in [5.41, 5.74) is 0. The molecule has 4 aliphatic heterocycles. The van der Waals surface area contributed by atoms with E-state index in [1.54, 1.807) is 0 Å². The molecule has 4 rings (SSSR count). The zero-order valence-electron chi connectivity index (χ0n) is 17.7. The van der Waals surface area contributed by atoms with E-state index in [0.717, 1.165) is 72.8 Å². The van der Waals surface area contributed by atoms with Crippen LogP contribution in [0.4, 0.5) is 0 Å². The summed E-state index contributed by atoms with van der Waals surface area (Å²) in [7, 11) is 0. The van der Waals surface area contributed by atoms with Crippen molar-refractivity contribution in [1.29, 1.82) is 0 Å². The second-order valence-electron chi connectivity index (χ2n) is 6.14. The summed E-state index contributed by atoms with van der Waals surface area (Å²) in [5, 5.41) is 27.2. The molecule has 16 heteroatoms. The monoisotopic (exact) mass is 747 g/mol. The third kappa shape index (κ3) is 24.6. The van der Waals surface area contributed by atoms with E-state index in [1.165, 1.54) is 25.7 Å². The first kappa shape index (κ1) is 39.2. The summed E-state index contributed by atoms with van der Waals surface area (Å²) in [6.45, 7) is 8.27. The van der Waals surface area contributed by atoms with Gasteiger partial charge in [-0.15, -0.1) is 0 Å². The summed E-state index contributed by atoms with van der Waals surface area (Å²) in [6.07, 6.45) is 4.72. The Morgan fingerprint density at radius 2 is 0.500 bits per heavy atom. The molecule has 32 heavy (non-hydrogen) atoms. The van der Waals surface area contributed by atoms with Crippen molar-refractivity contribution in [3.63, 3.8) is 0 Å². The van der Waals surface area contributed by atoms with Gasteiger partial charge in [-0.2, -0.15) is 0 Å². The van der Waals surface area contributed by atoms with Gasteiger partial charge in [-0.1, -0.05) is 0 Å². The van der Waals surface area contributed by atoms with Crippen molar-refractivity contribution in [2.45, 2.75) is 25.7 Å². The zero-order chi connectivity index (χ0) is 20.5.